The fourth-order valence-corrected chi connectivity index (χ4v) is 0.186. The standard InChI is InChI=1S/C4H6N2O2/c5-2-1-3(6)4(7)8/h3H,1,6H2,(H,7,8)/t3-/m0/s1. The molecule has 0 amide bonds. The van der Waals surface area contributed by atoms with Gasteiger partial charge in [-0.15, -0.1) is 0 Å². The summed E-state index contributed by atoms with van der Waals surface area (Å²) >= 11 is 0. The van der Waals surface area contributed by atoms with Crippen molar-refractivity contribution in [2.75, 3.05) is 0 Å². The molecule has 0 rings (SSSR count). The number of rotatable bonds is 2. The highest BCUT2D eigenvalue weighted by Crippen LogP contribution is 1.82. The van der Waals surface area contributed by atoms with E-state index in [-0.39, 0.29) is 6.42 Å². The zero-order valence-corrected chi connectivity index (χ0v) is 4.16. The number of carboxylic acid groups (broad SMARTS) is 1. The minimum atomic E-state index is -1.13. The number of carboxylic acids is 1. The normalized spacial score (nSPS) is 12.0. The molecule has 44 valence electrons. The van der Waals surface area contributed by atoms with Crippen LogP contribution in [0.5, 0.6) is 0 Å². The monoisotopic (exact) mass is 114 g/mol. The Labute approximate surface area is 46.5 Å². The van der Waals surface area contributed by atoms with E-state index < -0.39 is 12.0 Å². The Morgan fingerprint density at radius 2 is 2.50 bits per heavy atom. The van der Waals surface area contributed by atoms with E-state index in [1.807, 2.05) is 0 Å². The van der Waals surface area contributed by atoms with Gasteiger partial charge in [-0.25, -0.2) is 0 Å². The predicted octanol–water partition coefficient (Wildman–Crippen LogP) is -0.688. The first-order valence-electron chi connectivity index (χ1n) is 2.04. The van der Waals surface area contributed by atoms with Crippen molar-refractivity contribution in [3.8, 4) is 6.07 Å². The van der Waals surface area contributed by atoms with Gasteiger partial charge in [-0.05, 0) is 0 Å². The topological polar surface area (TPSA) is 87.1 Å². The van der Waals surface area contributed by atoms with Crippen molar-refractivity contribution in [1.29, 1.82) is 5.26 Å². The van der Waals surface area contributed by atoms with Gasteiger partial charge in [-0.1, -0.05) is 0 Å². The van der Waals surface area contributed by atoms with Crippen LogP contribution in [0.1, 0.15) is 6.42 Å². The summed E-state index contributed by atoms with van der Waals surface area (Å²) in [6.45, 7) is 0. The minimum Gasteiger partial charge on any atom is -0.480 e. The second-order valence-electron chi connectivity index (χ2n) is 1.31. The van der Waals surface area contributed by atoms with Gasteiger partial charge >= 0.3 is 5.97 Å². The Bertz CT molecular complexity index is 126. The minimum absolute atomic E-state index is 0.130. The molecule has 0 aliphatic rings. The smallest absolute Gasteiger partial charge is 0.321 e. The quantitative estimate of drug-likeness (QED) is 0.497. The van der Waals surface area contributed by atoms with Crippen LogP contribution in [0.2, 0.25) is 0 Å². The van der Waals surface area contributed by atoms with Gasteiger partial charge in [0.1, 0.15) is 6.04 Å². The fourth-order valence-electron chi connectivity index (χ4n) is 0.186. The molecule has 0 unspecified atom stereocenters. The average molecular weight is 114 g/mol. The van der Waals surface area contributed by atoms with Gasteiger partial charge in [0, 0.05) is 0 Å². The van der Waals surface area contributed by atoms with Gasteiger partial charge in [0.05, 0.1) is 12.5 Å². The van der Waals surface area contributed by atoms with Crippen LogP contribution in [-0.4, -0.2) is 17.1 Å². The SMILES string of the molecule is N#CC[C@H](N)C(=O)O. The lowest BCUT2D eigenvalue weighted by atomic mass is 10.2. The average Bonchev–Trinajstić information content (AvgIpc) is 1.67. The maximum Gasteiger partial charge on any atom is 0.321 e. The predicted molar refractivity (Wildman–Crippen MR) is 25.8 cm³/mol. The maximum absolute atomic E-state index is 9.81. The van der Waals surface area contributed by atoms with Crippen molar-refractivity contribution in [2.45, 2.75) is 12.5 Å². The van der Waals surface area contributed by atoms with Crippen LogP contribution in [0.4, 0.5) is 0 Å². The number of hydrogen-bond donors (Lipinski definition) is 2. The molecule has 0 aliphatic heterocycles. The molecule has 0 aliphatic carbocycles. The van der Waals surface area contributed by atoms with E-state index >= 15 is 0 Å². The van der Waals surface area contributed by atoms with E-state index in [1.165, 1.54) is 0 Å². The highest BCUT2D eigenvalue weighted by atomic mass is 16.4. The van der Waals surface area contributed by atoms with Gasteiger partial charge < -0.3 is 10.8 Å². The number of nitrogens with zero attached hydrogens (tertiary/aromatic N) is 1. The molecule has 0 aromatic carbocycles. The summed E-state index contributed by atoms with van der Waals surface area (Å²) < 4.78 is 0. The summed E-state index contributed by atoms with van der Waals surface area (Å²) in [6.07, 6.45) is -0.130. The van der Waals surface area contributed by atoms with Gasteiger partial charge in [0.25, 0.3) is 0 Å². The van der Waals surface area contributed by atoms with Crippen molar-refractivity contribution >= 4 is 5.97 Å². The number of nitrogens with two attached hydrogens (primary N) is 1. The summed E-state index contributed by atoms with van der Waals surface area (Å²) in [4.78, 5) is 9.81. The molecule has 4 nitrogen and oxygen atoms in total. The van der Waals surface area contributed by atoms with Crippen molar-refractivity contribution < 1.29 is 9.90 Å². The van der Waals surface area contributed by atoms with E-state index in [4.69, 9.17) is 16.1 Å². The van der Waals surface area contributed by atoms with E-state index in [2.05, 4.69) is 0 Å². The molecule has 8 heavy (non-hydrogen) atoms. The number of hydrogen-bond acceptors (Lipinski definition) is 3. The van der Waals surface area contributed by atoms with Crippen LogP contribution < -0.4 is 5.73 Å². The van der Waals surface area contributed by atoms with E-state index in [0.717, 1.165) is 0 Å². The lowest BCUT2D eigenvalue weighted by molar-refractivity contribution is -0.138. The summed E-state index contributed by atoms with van der Waals surface area (Å²) in [7, 11) is 0. The molecule has 0 aromatic heterocycles. The van der Waals surface area contributed by atoms with Gasteiger partial charge in [-0.2, -0.15) is 5.26 Å². The molecule has 0 saturated heterocycles. The molecule has 0 spiro atoms. The molecule has 3 N–H and O–H groups in total. The zero-order valence-electron chi connectivity index (χ0n) is 4.16. The third-order valence-electron chi connectivity index (χ3n) is 0.628. The summed E-state index contributed by atoms with van der Waals surface area (Å²) in [5.41, 5.74) is 4.90. The molecule has 0 bridgehead atoms. The zero-order chi connectivity index (χ0) is 6.57. The molecule has 0 aromatic rings. The molecule has 0 fully saturated rings. The van der Waals surface area contributed by atoms with Crippen molar-refractivity contribution in [1.82, 2.24) is 0 Å². The first kappa shape index (κ1) is 6.92. The maximum atomic E-state index is 9.81. The van der Waals surface area contributed by atoms with Crippen LogP contribution in [0, 0.1) is 11.3 Å². The molecular weight excluding hydrogens is 108 g/mol. The first-order valence-corrected chi connectivity index (χ1v) is 2.04. The Morgan fingerprint density at radius 3 is 2.62 bits per heavy atom. The lowest BCUT2D eigenvalue weighted by Crippen LogP contribution is -2.29. The molecule has 4 heteroatoms. The highest BCUT2D eigenvalue weighted by Gasteiger charge is 2.08. The van der Waals surface area contributed by atoms with Crippen LogP contribution in [0.25, 0.3) is 0 Å². The van der Waals surface area contributed by atoms with Crippen molar-refractivity contribution in [3.63, 3.8) is 0 Å². The van der Waals surface area contributed by atoms with Gasteiger partial charge in [0.15, 0.2) is 0 Å². The second kappa shape index (κ2) is 2.99. The highest BCUT2D eigenvalue weighted by molar-refractivity contribution is 5.73. The van der Waals surface area contributed by atoms with Gasteiger partial charge in [-0.3, -0.25) is 4.79 Å². The number of carbonyl (C=O) groups is 1. The fraction of sp³-hybridized carbons (Fsp3) is 0.500. The molecule has 0 saturated carbocycles. The number of aliphatic carboxylic acids is 1. The second-order valence-corrected chi connectivity index (χ2v) is 1.31. The summed E-state index contributed by atoms with van der Waals surface area (Å²) in [5, 5.41) is 15.9. The largest absolute Gasteiger partial charge is 0.480 e. The Kier molecular flexibility index (Phi) is 2.59. The van der Waals surface area contributed by atoms with Crippen molar-refractivity contribution in [2.24, 2.45) is 5.73 Å². The Hall–Kier alpha value is -1.08. The summed E-state index contributed by atoms with van der Waals surface area (Å²) in [5.74, 6) is -1.13. The van der Waals surface area contributed by atoms with E-state index in [9.17, 15) is 4.79 Å². The lowest BCUT2D eigenvalue weighted by Gasteiger charge is -1.95. The molecule has 0 radical (unpaired) electrons. The summed E-state index contributed by atoms with van der Waals surface area (Å²) in [6, 6.07) is 0.615. The van der Waals surface area contributed by atoms with E-state index in [1.54, 1.807) is 6.07 Å². The third-order valence-corrected chi connectivity index (χ3v) is 0.628. The number of nitriles is 1. The van der Waals surface area contributed by atoms with Crippen LogP contribution in [0.15, 0.2) is 0 Å². The van der Waals surface area contributed by atoms with Crippen LogP contribution >= 0.6 is 0 Å². The van der Waals surface area contributed by atoms with E-state index in [0.29, 0.717) is 0 Å². The Balaban J connectivity index is 3.52. The Morgan fingerprint density at radius 1 is 2.00 bits per heavy atom. The molecule has 0 heterocycles. The van der Waals surface area contributed by atoms with Crippen LogP contribution in [0.3, 0.4) is 0 Å². The first-order chi connectivity index (χ1) is 3.68. The molecular formula is C4H6N2O2. The van der Waals surface area contributed by atoms with Crippen LogP contribution in [-0.2, 0) is 4.79 Å². The molecule has 1 atom stereocenters. The van der Waals surface area contributed by atoms with Gasteiger partial charge in [0.2, 0.25) is 0 Å². The van der Waals surface area contributed by atoms with Crippen molar-refractivity contribution in [3.05, 3.63) is 0 Å². The third kappa shape index (κ3) is 2.16.